The molecule has 0 saturated carbocycles. The van der Waals surface area contributed by atoms with Crippen LogP contribution in [0.15, 0.2) is 59.1 Å². The quantitative estimate of drug-likeness (QED) is 0.453. The lowest BCUT2D eigenvalue weighted by molar-refractivity contribution is -0.130. The van der Waals surface area contributed by atoms with Crippen molar-refractivity contribution in [3.8, 4) is 0 Å². The molecule has 1 aliphatic heterocycles. The number of carbonyl (C=O) groups excluding carboxylic acids is 2. The molecule has 2 heterocycles. The van der Waals surface area contributed by atoms with Crippen molar-refractivity contribution in [2.24, 2.45) is 0 Å². The lowest BCUT2D eigenvalue weighted by Gasteiger charge is -2.34. The Hall–Kier alpha value is -2.94. The van der Waals surface area contributed by atoms with Gasteiger partial charge < -0.3 is 14.3 Å². The van der Waals surface area contributed by atoms with Gasteiger partial charge in [-0.15, -0.1) is 12.4 Å². The zero-order valence-electron chi connectivity index (χ0n) is 19.6. The fourth-order valence-corrected chi connectivity index (χ4v) is 4.02. The Morgan fingerprint density at radius 1 is 1.03 bits per heavy atom. The summed E-state index contributed by atoms with van der Waals surface area (Å²) in [4.78, 5) is 35.3. The molecule has 0 bridgehead atoms. The molecule has 0 atom stereocenters. The van der Waals surface area contributed by atoms with E-state index in [0.29, 0.717) is 61.3 Å². The Morgan fingerprint density at radius 3 is 2.40 bits per heavy atom. The number of piperazine rings is 1. The molecule has 10 heteroatoms. The van der Waals surface area contributed by atoms with Crippen LogP contribution in [0.1, 0.15) is 34.1 Å². The number of nitrogens with zero attached hydrogens (tertiary/aromatic N) is 5. The number of hydrogen-bond acceptors (Lipinski definition) is 6. The van der Waals surface area contributed by atoms with Crippen LogP contribution in [0, 0.1) is 0 Å². The summed E-state index contributed by atoms with van der Waals surface area (Å²) in [5.74, 6) is 1.11. The number of aryl methyl sites for hydroxylation is 1. The first-order chi connectivity index (χ1) is 16.5. The Kier molecular flexibility index (Phi) is 9.65. The molecule has 0 unspecified atom stereocenters. The second-order valence-corrected chi connectivity index (χ2v) is 8.85. The highest BCUT2D eigenvalue weighted by Gasteiger charge is 2.23. The minimum absolute atomic E-state index is 0. The third kappa shape index (κ3) is 7.52. The average molecular weight is 518 g/mol. The number of rotatable bonds is 8. The maximum absolute atomic E-state index is 12.7. The maximum Gasteiger partial charge on any atom is 0.253 e. The van der Waals surface area contributed by atoms with E-state index in [1.54, 1.807) is 36.2 Å². The summed E-state index contributed by atoms with van der Waals surface area (Å²) in [6.07, 6.45) is 0.727. The van der Waals surface area contributed by atoms with Crippen molar-refractivity contribution < 1.29 is 14.1 Å². The van der Waals surface area contributed by atoms with Crippen LogP contribution in [0.2, 0.25) is 5.02 Å². The fourth-order valence-electron chi connectivity index (χ4n) is 3.89. The van der Waals surface area contributed by atoms with Crippen LogP contribution < -0.4 is 0 Å². The summed E-state index contributed by atoms with van der Waals surface area (Å²) in [6, 6.07) is 16.9. The molecule has 2 amide bonds. The van der Waals surface area contributed by atoms with Gasteiger partial charge >= 0.3 is 0 Å². The molecule has 1 fully saturated rings. The number of hydrogen-bond donors (Lipinski definition) is 0. The number of carbonyl (C=O) groups is 2. The molecule has 35 heavy (non-hydrogen) atoms. The predicted octanol–water partition coefficient (Wildman–Crippen LogP) is 3.69. The molecule has 0 radical (unpaired) electrons. The van der Waals surface area contributed by atoms with Crippen molar-refractivity contribution in [1.82, 2.24) is 24.8 Å². The van der Waals surface area contributed by atoms with Crippen LogP contribution in [-0.2, 0) is 24.3 Å². The first-order valence-electron chi connectivity index (χ1n) is 11.3. The van der Waals surface area contributed by atoms with Gasteiger partial charge in [0.2, 0.25) is 11.8 Å². The lowest BCUT2D eigenvalue weighted by Crippen LogP contribution is -2.48. The third-order valence-electron chi connectivity index (χ3n) is 5.87. The Balaban J connectivity index is 0.00000342. The van der Waals surface area contributed by atoms with Gasteiger partial charge in [-0.3, -0.25) is 14.5 Å². The molecule has 186 valence electrons. The molecule has 0 aliphatic carbocycles. The van der Waals surface area contributed by atoms with Crippen LogP contribution in [0.4, 0.5) is 0 Å². The summed E-state index contributed by atoms with van der Waals surface area (Å²) in [5.41, 5.74) is 1.73. The number of aromatic nitrogens is 2. The number of halogens is 2. The summed E-state index contributed by atoms with van der Waals surface area (Å²) in [6.45, 7) is 3.84. The van der Waals surface area contributed by atoms with Crippen LogP contribution in [0.5, 0.6) is 0 Å². The van der Waals surface area contributed by atoms with Gasteiger partial charge in [-0.2, -0.15) is 4.98 Å². The monoisotopic (exact) mass is 517 g/mol. The zero-order valence-corrected chi connectivity index (χ0v) is 21.2. The Labute approximate surface area is 216 Å². The van der Waals surface area contributed by atoms with Gasteiger partial charge in [0.25, 0.3) is 5.91 Å². The summed E-state index contributed by atoms with van der Waals surface area (Å²) < 4.78 is 5.35. The summed E-state index contributed by atoms with van der Waals surface area (Å²) >= 11 is 5.91. The van der Waals surface area contributed by atoms with Gasteiger partial charge in [-0.05, 0) is 29.8 Å². The molecular formula is C25H29Cl2N5O3. The van der Waals surface area contributed by atoms with Gasteiger partial charge in [-0.25, -0.2) is 0 Å². The molecular weight excluding hydrogens is 489 g/mol. The number of amides is 2. The molecule has 8 nitrogen and oxygen atoms in total. The van der Waals surface area contributed by atoms with E-state index in [2.05, 4.69) is 15.0 Å². The van der Waals surface area contributed by atoms with Gasteiger partial charge in [0.05, 0.1) is 6.54 Å². The summed E-state index contributed by atoms with van der Waals surface area (Å²) in [7, 11) is 1.80. The van der Waals surface area contributed by atoms with Gasteiger partial charge in [0.1, 0.15) is 0 Å². The molecule has 0 N–H and O–H groups in total. The first-order valence-corrected chi connectivity index (χ1v) is 11.7. The Bertz CT molecular complexity index is 1100. The van der Waals surface area contributed by atoms with Gasteiger partial charge in [0, 0.05) is 63.2 Å². The number of benzene rings is 2. The van der Waals surface area contributed by atoms with Gasteiger partial charge in [0.15, 0.2) is 5.82 Å². The highest BCUT2D eigenvalue weighted by atomic mass is 35.5. The first kappa shape index (κ1) is 26.7. The van der Waals surface area contributed by atoms with Crippen LogP contribution >= 0.6 is 24.0 Å². The molecule has 1 aromatic heterocycles. The Morgan fingerprint density at radius 2 is 1.71 bits per heavy atom. The zero-order chi connectivity index (χ0) is 23.9. The van der Waals surface area contributed by atoms with Crippen LogP contribution in [0.25, 0.3) is 0 Å². The van der Waals surface area contributed by atoms with Crippen molar-refractivity contribution >= 4 is 35.8 Å². The van der Waals surface area contributed by atoms with Crippen molar-refractivity contribution in [1.29, 1.82) is 0 Å². The minimum Gasteiger partial charge on any atom is -0.341 e. The van der Waals surface area contributed by atoms with E-state index in [0.717, 1.165) is 18.7 Å². The van der Waals surface area contributed by atoms with Crippen LogP contribution in [0.3, 0.4) is 0 Å². The molecule has 4 rings (SSSR count). The highest BCUT2D eigenvalue weighted by molar-refractivity contribution is 6.30. The smallest absolute Gasteiger partial charge is 0.253 e. The standard InChI is InChI=1S/C25H28ClN5O3.ClH/c1-29(17-19-5-3-2-4-6-19)24(32)12-11-23-27-22(28-34-23)18-30-13-15-31(16-14-30)25(33)20-7-9-21(26)10-8-20;/h2-10H,11-18H2,1H3;1H. The van der Waals surface area contributed by atoms with E-state index in [-0.39, 0.29) is 24.2 Å². The average Bonchev–Trinajstić information content (AvgIpc) is 3.31. The third-order valence-corrected chi connectivity index (χ3v) is 6.12. The largest absolute Gasteiger partial charge is 0.341 e. The van der Waals surface area contributed by atoms with E-state index >= 15 is 0 Å². The van der Waals surface area contributed by atoms with E-state index in [1.807, 2.05) is 35.2 Å². The topological polar surface area (TPSA) is 82.8 Å². The van der Waals surface area contributed by atoms with Crippen molar-refractivity contribution in [3.63, 3.8) is 0 Å². The lowest BCUT2D eigenvalue weighted by atomic mass is 10.2. The van der Waals surface area contributed by atoms with E-state index in [4.69, 9.17) is 16.1 Å². The van der Waals surface area contributed by atoms with Crippen molar-refractivity contribution in [2.75, 3.05) is 33.2 Å². The van der Waals surface area contributed by atoms with E-state index < -0.39 is 0 Å². The molecule has 1 aliphatic rings. The van der Waals surface area contributed by atoms with E-state index in [9.17, 15) is 9.59 Å². The highest BCUT2D eigenvalue weighted by Crippen LogP contribution is 2.14. The SMILES string of the molecule is CN(Cc1ccccc1)C(=O)CCc1nc(CN2CCN(C(=O)c3ccc(Cl)cc3)CC2)no1.Cl. The maximum atomic E-state index is 12.7. The van der Waals surface area contributed by atoms with Crippen LogP contribution in [-0.4, -0.2) is 69.9 Å². The van der Waals surface area contributed by atoms with E-state index in [1.165, 1.54) is 0 Å². The second kappa shape index (κ2) is 12.7. The summed E-state index contributed by atoms with van der Waals surface area (Å²) in [5, 5.41) is 4.68. The molecule has 1 saturated heterocycles. The molecule has 0 spiro atoms. The minimum atomic E-state index is 0. The second-order valence-electron chi connectivity index (χ2n) is 8.41. The fraction of sp³-hybridized carbons (Fsp3) is 0.360. The molecule has 2 aromatic carbocycles. The normalized spacial score (nSPS) is 13.8. The predicted molar refractivity (Wildman–Crippen MR) is 135 cm³/mol. The van der Waals surface area contributed by atoms with Gasteiger partial charge in [-0.1, -0.05) is 47.1 Å². The van der Waals surface area contributed by atoms with Crippen molar-refractivity contribution in [2.45, 2.75) is 25.9 Å². The molecule has 3 aromatic rings. The van der Waals surface area contributed by atoms with Crippen molar-refractivity contribution in [3.05, 3.63) is 82.5 Å².